The number of benzene rings is 1. The van der Waals surface area contributed by atoms with Gasteiger partial charge in [-0.3, -0.25) is 4.39 Å². The molecule has 14 heavy (non-hydrogen) atoms. The second-order valence-corrected chi connectivity index (χ2v) is 2.25. The molecule has 0 aliphatic rings. The van der Waals surface area contributed by atoms with E-state index in [4.69, 9.17) is 0 Å². The van der Waals surface area contributed by atoms with Crippen LogP contribution in [0.5, 0.6) is 0 Å². The molecule has 0 unspecified atom stereocenters. The number of halogens is 2. The van der Waals surface area contributed by atoms with E-state index >= 15 is 0 Å². The smallest absolute Gasteiger partial charge is 0.123 e. The highest BCUT2D eigenvalue weighted by Gasteiger charge is 1.87. The van der Waals surface area contributed by atoms with Gasteiger partial charge in [0.2, 0.25) is 0 Å². The minimum absolute atomic E-state index is 0. The summed E-state index contributed by atoms with van der Waals surface area (Å²) in [6, 6.07) is 6.57. The van der Waals surface area contributed by atoms with Gasteiger partial charge in [-0.25, -0.2) is 4.39 Å². The lowest BCUT2D eigenvalue weighted by molar-refractivity contribution is 0.527. The fraction of sp³-hybridized carbons (Fsp3) is 0.500. The van der Waals surface area contributed by atoms with E-state index in [0.29, 0.717) is 0 Å². The van der Waals surface area contributed by atoms with Gasteiger partial charge in [0.05, 0.1) is 6.67 Å². The minimum Gasteiger partial charge on any atom is -0.251 e. The fourth-order valence-electron chi connectivity index (χ4n) is 0.720. The van der Waals surface area contributed by atoms with Crippen LogP contribution < -0.4 is 0 Å². The molecule has 0 aliphatic carbocycles. The van der Waals surface area contributed by atoms with Crippen LogP contribution in [0.1, 0.15) is 34.3 Å². The zero-order valence-corrected chi connectivity index (χ0v) is 7.48. The van der Waals surface area contributed by atoms with Crippen LogP contribution in [-0.2, 0) is 6.42 Å². The molecule has 1 aromatic rings. The van der Waals surface area contributed by atoms with Crippen molar-refractivity contribution in [2.75, 3.05) is 6.67 Å². The van der Waals surface area contributed by atoms with Gasteiger partial charge < -0.3 is 0 Å². The Morgan fingerprint density at radius 2 is 1.36 bits per heavy atom. The average Bonchev–Trinajstić information content (AvgIpc) is 2.07. The van der Waals surface area contributed by atoms with Crippen LogP contribution in [-0.4, -0.2) is 6.67 Å². The third-order valence-electron chi connectivity index (χ3n) is 1.32. The lowest BCUT2D eigenvalue weighted by Gasteiger charge is -1.92. The summed E-state index contributed by atoms with van der Waals surface area (Å²) in [5.74, 6) is -0.160. The monoisotopic (exact) mass is 204 g/mol. The molecule has 0 saturated heterocycles. The molecule has 0 radical (unpaired) electrons. The van der Waals surface area contributed by atoms with E-state index in [1.165, 1.54) is 24.6 Å². The normalized spacial score (nSPS) is 7.43. The maximum Gasteiger partial charge on any atom is 0.123 e. The van der Waals surface area contributed by atoms with Crippen LogP contribution in [0, 0.1) is 5.82 Å². The summed E-state index contributed by atoms with van der Waals surface area (Å²) in [6.07, 6.45) is 0.972. The summed E-state index contributed by atoms with van der Waals surface area (Å²) in [6.45, 7) is 3.26. The van der Waals surface area contributed by atoms with Crippen LogP contribution in [0.4, 0.5) is 8.78 Å². The van der Waals surface area contributed by atoms with Crippen molar-refractivity contribution in [2.45, 2.75) is 35.1 Å². The molecule has 0 fully saturated rings. The van der Waals surface area contributed by atoms with Crippen molar-refractivity contribution >= 4 is 0 Å². The van der Waals surface area contributed by atoms with E-state index in [2.05, 4.69) is 0 Å². The molecule has 1 rings (SSSR count). The van der Waals surface area contributed by atoms with Crippen LogP contribution >= 0.6 is 0 Å². The highest BCUT2D eigenvalue weighted by atomic mass is 19.1. The highest BCUT2D eigenvalue weighted by Crippen LogP contribution is 2.01. The molecule has 0 nitrogen and oxygen atoms in total. The molecular formula is C12H22F2. The van der Waals surface area contributed by atoms with Crippen molar-refractivity contribution in [1.29, 1.82) is 0 Å². The van der Waals surface area contributed by atoms with Gasteiger partial charge >= 0.3 is 0 Å². The Hall–Kier alpha value is -0.920. The number of rotatable bonds is 1. The third-order valence-corrected chi connectivity index (χ3v) is 1.32. The largest absolute Gasteiger partial charge is 0.251 e. The second-order valence-electron chi connectivity index (χ2n) is 2.25. The Labute approximate surface area is 87.0 Å². The van der Waals surface area contributed by atoms with Gasteiger partial charge in [0.1, 0.15) is 5.82 Å². The Kier molecular flexibility index (Phi) is 16.2. The minimum atomic E-state index is -0.250. The topological polar surface area (TPSA) is 0 Å². The van der Waals surface area contributed by atoms with E-state index in [-0.39, 0.29) is 27.3 Å². The Bertz CT molecular complexity index is 192. The summed E-state index contributed by atoms with van der Waals surface area (Å²) in [7, 11) is 0. The molecule has 1 aromatic carbocycles. The molecule has 0 N–H and O–H groups in total. The zero-order chi connectivity index (χ0) is 9.40. The summed E-state index contributed by atoms with van der Waals surface area (Å²) in [5.41, 5.74) is 1.18. The van der Waals surface area contributed by atoms with E-state index < -0.39 is 0 Å². The van der Waals surface area contributed by atoms with Crippen molar-refractivity contribution in [3.63, 3.8) is 0 Å². The van der Waals surface area contributed by atoms with Gasteiger partial charge in [-0.2, -0.15) is 0 Å². The SMILES string of the molecule is C.C.CCF.CCc1ccc(F)cc1. The van der Waals surface area contributed by atoms with Crippen molar-refractivity contribution in [1.82, 2.24) is 0 Å². The van der Waals surface area contributed by atoms with Crippen molar-refractivity contribution in [3.8, 4) is 0 Å². The molecule has 0 bridgehead atoms. The van der Waals surface area contributed by atoms with Crippen LogP contribution in [0.25, 0.3) is 0 Å². The zero-order valence-electron chi connectivity index (χ0n) is 7.48. The molecule has 2 heteroatoms. The molecular weight excluding hydrogens is 182 g/mol. The van der Waals surface area contributed by atoms with E-state index in [0.717, 1.165) is 6.42 Å². The summed E-state index contributed by atoms with van der Waals surface area (Å²) < 4.78 is 22.5. The molecule has 84 valence electrons. The summed E-state index contributed by atoms with van der Waals surface area (Å²) in [4.78, 5) is 0. The first-order valence-corrected chi connectivity index (χ1v) is 4.05. The molecule has 0 aliphatic heterocycles. The van der Waals surface area contributed by atoms with Crippen molar-refractivity contribution in [3.05, 3.63) is 35.6 Å². The van der Waals surface area contributed by atoms with Crippen molar-refractivity contribution in [2.24, 2.45) is 0 Å². The van der Waals surface area contributed by atoms with Gasteiger partial charge in [0, 0.05) is 0 Å². The molecule has 0 atom stereocenters. The molecule has 0 heterocycles. The number of hydrogen-bond donors (Lipinski definition) is 0. The van der Waals surface area contributed by atoms with E-state index in [1.807, 2.05) is 6.92 Å². The summed E-state index contributed by atoms with van der Waals surface area (Å²) in [5, 5.41) is 0. The van der Waals surface area contributed by atoms with Gasteiger partial charge in [0.25, 0.3) is 0 Å². The van der Waals surface area contributed by atoms with Crippen LogP contribution in [0.15, 0.2) is 24.3 Å². The first-order valence-electron chi connectivity index (χ1n) is 4.05. The number of alkyl halides is 1. The lowest BCUT2D eigenvalue weighted by Crippen LogP contribution is -1.78. The van der Waals surface area contributed by atoms with Crippen LogP contribution in [0.2, 0.25) is 0 Å². The van der Waals surface area contributed by atoms with Gasteiger partial charge in [-0.1, -0.05) is 33.9 Å². The Balaban J connectivity index is -0.000000218. The first kappa shape index (κ1) is 18.8. The maximum atomic E-state index is 12.2. The standard InChI is InChI=1S/C8H9F.C2H5F.2CH4/c1-2-7-3-5-8(9)6-4-7;1-2-3;;/h3-6H,2H2,1H3;2H2,1H3;2*1H4. The second kappa shape index (κ2) is 12.1. The van der Waals surface area contributed by atoms with E-state index in [1.54, 1.807) is 12.1 Å². The van der Waals surface area contributed by atoms with Crippen molar-refractivity contribution < 1.29 is 8.78 Å². The molecule has 0 aromatic heterocycles. The lowest BCUT2D eigenvalue weighted by atomic mass is 10.2. The third kappa shape index (κ3) is 9.17. The number of hydrogen-bond acceptors (Lipinski definition) is 0. The number of aryl methyl sites for hydroxylation is 1. The quantitative estimate of drug-likeness (QED) is 0.625. The van der Waals surface area contributed by atoms with Gasteiger partial charge in [-0.15, -0.1) is 0 Å². The van der Waals surface area contributed by atoms with Gasteiger partial charge in [-0.05, 0) is 31.0 Å². The molecule has 0 spiro atoms. The predicted octanol–water partition coefficient (Wildman–Crippen LogP) is 4.64. The maximum absolute atomic E-state index is 12.2. The predicted molar refractivity (Wildman–Crippen MR) is 60.9 cm³/mol. The van der Waals surface area contributed by atoms with Gasteiger partial charge in [0.15, 0.2) is 0 Å². The summed E-state index contributed by atoms with van der Waals surface area (Å²) >= 11 is 0. The highest BCUT2D eigenvalue weighted by molar-refractivity contribution is 5.15. The fourth-order valence-corrected chi connectivity index (χ4v) is 0.720. The van der Waals surface area contributed by atoms with Crippen LogP contribution in [0.3, 0.4) is 0 Å². The molecule has 0 amide bonds. The Morgan fingerprint density at radius 3 is 1.64 bits per heavy atom. The first-order chi connectivity index (χ1) is 5.74. The average molecular weight is 204 g/mol. The Morgan fingerprint density at radius 1 is 1.00 bits per heavy atom. The molecule has 0 saturated carbocycles. The van der Waals surface area contributed by atoms with E-state index in [9.17, 15) is 8.78 Å².